The summed E-state index contributed by atoms with van der Waals surface area (Å²) in [5.74, 6) is 17.5. The quantitative estimate of drug-likeness (QED) is 0.0223. The van der Waals surface area contributed by atoms with E-state index in [0.717, 1.165) is 117 Å². The first-order valence-electron chi connectivity index (χ1n) is 31.6. The highest BCUT2D eigenvalue weighted by Crippen LogP contribution is 2.47. The van der Waals surface area contributed by atoms with Crippen LogP contribution in [0.25, 0.3) is 43.1 Å². The third-order valence-corrected chi connectivity index (χ3v) is 17.8. The van der Waals surface area contributed by atoms with E-state index in [1.165, 1.54) is 109 Å². The lowest BCUT2D eigenvalue weighted by Crippen LogP contribution is -2.40. The van der Waals surface area contributed by atoms with Crippen molar-refractivity contribution in [3.63, 3.8) is 0 Å². The van der Waals surface area contributed by atoms with E-state index in [9.17, 15) is 19.2 Å². The minimum Gasteiger partial charge on any atom is -0.268 e. The van der Waals surface area contributed by atoms with Gasteiger partial charge in [0.2, 0.25) is 0 Å². The molecule has 4 amide bonds. The average molecular weight is 1130 g/mol. The Balaban J connectivity index is 0.851. The monoisotopic (exact) mass is 1130 g/mol. The number of nitrogens with zero attached hydrogens (tertiary/aromatic N) is 2. The second kappa shape index (κ2) is 26.4. The maximum absolute atomic E-state index is 14.7. The molecule has 86 heavy (non-hydrogen) atoms. The fraction of sp³-hybridized carbons (Fsp3) is 0.300. The second-order valence-corrected chi connectivity index (χ2v) is 23.5. The largest absolute Gasteiger partial charge is 0.268 e. The molecule has 0 bridgehead atoms. The Morgan fingerprint density at radius 1 is 0.314 bits per heavy atom. The number of rotatable bonds is 22. The van der Waals surface area contributed by atoms with E-state index < -0.39 is 23.6 Å². The summed E-state index contributed by atoms with van der Waals surface area (Å²) in [4.78, 5) is 61.2. The van der Waals surface area contributed by atoms with Crippen LogP contribution in [0.5, 0.6) is 0 Å². The van der Waals surface area contributed by atoms with Crippen LogP contribution in [0.3, 0.4) is 0 Å². The third kappa shape index (κ3) is 11.4. The third-order valence-electron chi connectivity index (χ3n) is 17.8. The topological polar surface area (TPSA) is 74.8 Å². The number of carbonyl (C=O) groups is 4. The summed E-state index contributed by atoms with van der Waals surface area (Å²) < 4.78 is 0. The summed E-state index contributed by atoms with van der Waals surface area (Å²) >= 11 is 0. The van der Waals surface area contributed by atoms with Crippen LogP contribution in [0, 0.1) is 48.4 Å². The van der Waals surface area contributed by atoms with Crippen molar-refractivity contribution >= 4 is 78.1 Å². The van der Waals surface area contributed by atoms with Gasteiger partial charge in [0.05, 0.1) is 11.4 Å². The summed E-state index contributed by atoms with van der Waals surface area (Å²) in [6.07, 6.45) is 35.3. The standard InChI is InChI=1S/C80H74N2O4/c1-7-13-17-21-25-57-49-55(11-5)61(51-59(57)27-23-19-15-9-3)35-29-53-31-37-63(38-32-53)81-77(83)69-45-41-65-67-43-47-71-76-72(48-44-68(74(67)76)66-42-46-70(78(81)84)75(69)73(65)66)80(86)82(79(71)85)64-39-33-54(34-40-64)30-36-62-52-60(28-24-20-16-10-4)58(50-56(62)12-6)26-22-18-14-8-2/h5-6,31-34,37-52H,7-10,13-28H2,1-4H3. The maximum atomic E-state index is 14.7. The number of amides is 4. The van der Waals surface area contributed by atoms with Crippen molar-refractivity contribution in [3.8, 4) is 48.4 Å². The Labute approximate surface area is 508 Å². The zero-order valence-corrected chi connectivity index (χ0v) is 50.4. The summed E-state index contributed by atoms with van der Waals surface area (Å²) in [6, 6.07) is 38.1. The first-order valence-corrected chi connectivity index (χ1v) is 31.6. The van der Waals surface area contributed by atoms with Crippen molar-refractivity contribution in [1.82, 2.24) is 0 Å². The molecule has 6 nitrogen and oxygen atoms in total. The molecular weight excluding hydrogens is 1050 g/mol. The predicted octanol–water partition coefficient (Wildman–Crippen LogP) is 18.6. The van der Waals surface area contributed by atoms with Gasteiger partial charge in [0, 0.05) is 66.4 Å². The number of hydrogen-bond acceptors (Lipinski definition) is 4. The molecule has 0 saturated heterocycles. The first kappa shape index (κ1) is 58.6. The maximum Gasteiger partial charge on any atom is 0.265 e. The number of terminal acetylenes is 2. The molecule has 0 aromatic heterocycles. The Morgan fingerprint density at radius 3 is 0.860 bits per heavy atom. The molecule has 9 aromatic rings. The van der Waals surface area contributed by atoms with Crippen molar-refractivity contribution < 1.29 is 19.2 Å². The molecule has 2 aliphatic rings. The number of anilines is 2. The van der Waals surface area contributed by atoms with Crippen molar-refractivity contribution in [2.75, 3.05) is 9.80 Å². The Morgan fingerprint density at radius 2 is 0.593 bits per heavy atom. The molecule has 0 aliphatic carbocycles. The van der Waals surface area contributed by atoms with Crippen molar-refractivity contribution in [2.24, 2.45) is 0 Å². The zero-order chi connectivity index (χ0) is 59.8. The lowest BCUT2D eigenvalue weighted by atomic mass is 9.82. The number of benzene rings is 9. The van der Waals surface area contributed by atoms with E-state index in [2.05, 4.69) is 87.5 Å². The SMILES string of the molecule is C#Cc1cc(CCCCCC)c(CCCCCC)cc1C#Cc1ccc(N2C(=O)c3ccc4c5ccc6c7c(ccc(c8ccc(c3c48)C2=O)c75)C(=O)N(c2ccc(C#Cc3cc(CCCCCC)c(CCCCCC)cc3C#C)cc2)C6=O)cc1. The van der Waals surface area contributed by atoms with Gasteiger partial charge in [-0.1, -0.05) is 165 Å². The van der Waals surface area contributed by atoms with Crippen LogP contribution in [-0.2, 0) is 25.7 Å². The minimum atomic E-state index is -0.421. The zero-order valence-electron chi connectivity index (χ0n) is 50.4. The van der Waals surface area contributed by atoms with Crippen LogP contribution in [0.15, 0.2) is 121 Å². The second-order valence-electron chi connectivity index (χ2n) is 23.5. The van der Waals surface area contributed by atoms with E-state index in [1.807, 2.05) is 48.5 Å². The molecule has 2 heterocycles. The summed E-state index contributed by atoms with van der Waals surface area (Å²) in [5, 5.41) is 6.03. The lowest BCUT2D eigenvalue weighted by Gasteiger charge is -2.30. The van der Waals surface area contributed by atoms with E-state index in [0.29, 0.717) is 44.4 Å². The molecule has 0 N–H and O–H groups in total. The van der Waals surface area contributed by atoms with Gasteiger partial charge in [-0.2, -0.15) is 0 Å². The molecule has 2 aliphatic heterocycles. The number of hydrogen-bond donors (Lipinski definition) is 0. The van der Waals surface area contributed by atoms with Crippen LogP contribution in [0.2, 0.25) is 0 Å². The molecule has 0 saturated carbocycles. The number of carbonyl (C=O) groups excluding carboxylic acids is 4. The molecule has 0 spiro atoms. The van der Waals surface area contributed by atoms with Crippen molar-refractivity contribution in [1.29, 1.82) is 0 Å². The number of imide groups is 2. The van der Waals surface area contributed by atoms with Gasteiger partial charge >= 0.3 is 0 Å². The highest BCUT2D eigenvalue weighted by atomic mass is 16.2. The molecule has 0 radical (unpaired) electrons. The molecule has 9 aromatic carbocycles. The lowest BCUT2D eigenvalue weighted by molar-refractivity contribution is 0.0877. The predicted molar refractivity (Wildman–Crippen MR) is 355 cm³/mol. The van der Waals surface area contributed by atoms with Crippen LogP contribution in [0.4, 0.5) is 11.4 Å². The number of aryl methyl sites for hydroxylation is 4. The fourth-order valence-corrected chi connectivity index (χ4v) is 13.1. The van der Waals surface area contributed by atoms with Gasteiger partial charge < -0.3 is 0 Å². The number of unbranched alkanes of at least 4 members (excludes halogenated alkanes) is 12. The number of fused-ring (bicyclic) bond motifs is 2. The van der Waals surface area contributed by atoms with Crippen LogP contribution >= 0.6 is 0 Å². The Hall–Kier alpha value is -9.20. The van der Waals surface area contributed by atoms with Crippen LogP contribution in [-0.4, -0.2) is 23.6 Å². The molecule has 0 atom stereocenters. The van der Waals surface area contributed by atoms with Gasteiger partial charge in [-0.3, -0.25) is 19.2 Å². The van der Waals surface area contributed by atoms with Crippen molar-refractivity contribution in [3.05, 3.63) is 199 Å². The summed E-state index contributed by atoms with van der Waals surface area (Å²) in [6.45, 7) is 8.93. The molecule has 428 valence electrons. The van der Waals surface area contributed by atoms with E-state index >= 15 is 0 Å². The highest BCUT2D eigenvalue weighted by molar-refractivity contribution is 6.45. The Bertz CT molecular complexity index is 3950. The Kier molecular flexibility index (Phi) is 18.0. The van der Waals surface area contributed by atoms with Gasteiger partial charge in [0.15, 0.2) is 0 Å². The van der Waals surface area contributed by atoms with Gasteiger partial charge in [-0.25, -0.2) is 9.80 Å². The smallest absolute Gasteiger partial charge is 0.265 e. The minimum absolute atomic E-state index is 0.416. The van der Waals surface area contributed by atoms with Gasteiger partial charge in [-0.15, -0.1) is 12.8 Å². The van der Waals surface area contributed by atoms with Gasteiger partial charge in [-0.05, 0) is 203 Å². The van der Waals surface area contributed by atoms with Crippen molar-refractivity contribution in [2.45, 2.75) is 156 Å². The molecular formula is C80H74N2O4. The van der Waals surface area contributed by atoms with Gasteiger partial charge in [0.25, 0.3) is 23.6 Å². The molecule has 6 heteroatoms. The first-order chi connectivity index (χ1) is 42.1. The average Bonchev–Trinajstić information content (AvgIpc) is 0.722. The van der Waals surface area contributed by atoms with E-state index in [4.69, 9.17) is 12.8 Å². The van der Waals surface area contributed by atoms with E-state index in [-0.39, 0.29) is 0 Å². The highest BCUT2D eigenvalue weighted by Gasteiger charge is 2.38. The van der Waals surface area contributed by atoms with Gasteiger partial charge in [0.1, 0.15) is 0 Å². The molecule has 0 unspecified atom stereocenters. The van der Waals surface area contributed by atoms with Crippen LogP contribution in [0.1, 0.15) is 227 Å². The molecule has 11 rings (SSSR count). The fourth-order valence-electron chi connectivity index (χ4n) is 13.1. The normalized spacial score (nSPS) is 12.7. The summed E-state index contributed by atoms with van der Waals surface area (Å²) in [5.41, 5.74) is 12.6. The van der Waals surface area contributed by atoms with E-state index in [1.54, 1.807) is 48.5 Å². The molecule has 0 fully saturated rings. The summed E-state index contributed by atoms with van der Waals surface area (Å²) in [7, 11) is 0. The van der Waals surface area contributed by atoms with Crippen LogP contribution < -0.4 is 9.80 Å².